The standard InChI is InChI=1S/C60H84N2O5.C2H6.CH3/c1-32-37-39(36-29-34(30-66-31-63)27-28-35(36)48(64)65)38-33(2)41-45-43(52(9,10)56(17,18)60(25,26)62(45)58(21,22)54(13,14)50(41,5)6)47(38)67-46(37)42-44-40(32)49(3,4)53(11,12)57(19,20)61(44)59(23,24)55(15,16)51(42,7)8;1-2;/h27-29,31H,30H2,1-26H3;1-2H3;1H3/q;;-1/p+1. The molecule has 0 radical (unpaired) electrons. The van der Waals surface area contributed by atoms with Crippen molar-refractivity contribution in [2.75, 3.05) is 4.90 Å². The zero-order valence-corrected chi connectivity index (χ0v) is 49.5. The number of carbonyl (C=O) groups excluding carboxylic acids is 1. The summed E-state index contributed by atoms with van der Waals surface area (Å²) >= 11 is 0. The molecule has 0 aromatic heterocycles. The van der Waals surface area contributed by atoms with Crippen molar-refractivity contribution in [2.45, 2.75) is 244 Å². The van der Waals surface area contributed by atoms with Gasteiger partial charge in [-0.2, -0.15) is 0 Å². The Morgan fingerprint density at radius 1 is 0.629 bits per heavy atom. The summed E-state index contributed by atoms with van der Waals surface area (Å²) < 4.78 is 16.4. The summed E-state index contributed by atoms with van der Waals surface area (Å²) in [6.45, 7) is 67.5. The molecule has 5 aliphatic rings. The molecule has 0 spiro atoms. The molecule has 386 valence electrons. The van der Waals surface area contributed by atoms with E-state index in [1.165, 1.54) is 33.3 Å². The minimum Gasteiger partial charge on any atom is -0.478 e. The second-order valence-electron chi connectivity index (χ2n) is 27.8. The van der Waals surface area contributed by atoms with Crippen LogP contribution in [0.5, 0.6) is 11.5 Å². The molecule has 5 heterocycles. The van der Waals surface area contributed by atoms with Gasteiger partial charge in [0.2, 0.25) is 5.36 Å². The Balaban J connectivity index is 0.00000264. The first-order chi connectivity index (χ1) is 31.0. The number of nitrogens with zero attached hydrogens (tertiary/aromatic N) is 2. The second kappa shape index (κ2) is 15.2. The summed E-state index contributed by atoms with van der Waals surface area (Å²) in [6.07, 6.45) is 0. The zero-order valence-electron chi connectivity index (χ0n) is 49.5. The highest BCUT2D eigenvalue weighted by atomic mass is 16.5. The lowest BCUT2D eigenvalue weighted by molar-refractivity contribution is -0.129. The Morgan fingerprint density at radius 2 is 1.07 bits per heavy atom. The van der Waals surface area contributed by atoms with Crippen LogP contribution in [0.15, 0.2) is 18.2 Å². The minimum atomic E-state index is -1.01. The van der Waals surface area contributed by atoms with E-state index in [9.17, 15) is 14.7 Å². The van der Waals surface area contributed by atoms with Crippen LogP contribution in [0.1, 0.15) is 240 Å². The molecule has 0 amide bonds. The normalized spacial score (nSPS) is 24.4. The van der Waals surface area contributed by atoms with Crippen LogP contribution in [0, 0.1) is 42.9 Å². The van der Waals surface area contributed by atoms with Gasteiger partial charge < -0.3 is 26.9 Å². The van der Waals surface area contributed by atoms with E-state index < -0.39 is 16.8 Å². The van der Waals surface area contributed by atoms with Crippen molar-refractivity contribution < 1.29 is 24.2 Å². The second-order valence-corrected chi connectivity index (χ2v) is 27.8. The number of hydrogen-bond acceptors (Lipinski definition) is 5. The molecule has 0 saturated carbocycles. The summed E-state index contributed by atoms with van der Waals surface area (Å²) in [5, 5.41) is 13.6. The fourth-order valence-electron chi connectivity index (χ4n) is 15.2. The number of fused-ring (bicyclic) bond motifs is 4. The van der Waals surface area contributed by atoms with E-state index in [2.05, 4.69) is 189 Å². The summed E-state index contributed by atoms with van der Waals surface area (Å²) in [6, 6.07) is 5.46. The third kappa shape index (κ3) is 5.79. The molecule has 7 heteroatoms. The first kappa shape index (κ1) is 55.2. The molecule has 7 nitrogen and oxygen atoms in total. The topological polar surface area (TPSA) is 79.1 Å². The fourth-order valence-corrected chi connectivity index (χ4v) is 15.2. The summed E-state index contributed by atoms with van der Waals surface area (Å²) in [5.41, 5.74) is 7.89. The van der Waals surface area contributed by atoms with E-state index in [1.807, 2.05) is 19.9 Å². The van der Waals surface area contributed by atoms with Crippen LogP contribution in [0.4, 0.5) is 5.69 Å². The Labute approximate surface area is 424 Å². The van der Waals surface area contributed by atoms with Crippen LogP contribution >= 0.6 is 0 Å². The van der Waals surface area contributed by atoms with Crippen molar-refractivity contribution in [2.24, 2.45) is 21.7 Å². The van der Waals surface area contributed by atoms with E-state index >= 15 is 0 Å². The molecule has 3 aromatic rings. The predicted octanol–water partition coefficient (Wildman–Crippen LogP) is 14.2. The molecule has 5 aliphatic heterocycles. The molecular formula is C63H94N2O5. The monoisotopic (exact) mass is 959 g/mol. The first-order valence-electron chi connectivity index (χ1n) is 26.0. The quantitative estimate of drug-likeness (QED) is 0.122. The number of carbonyl (C=O) groups is 2. The van der Waals surface area contributed by atoms with Crippen LogP contribution in [-0.4, -0.2) is 39.7 Å². The molecule has 0 bridgehead atoms. The van der Waals surface area contributed by atoms with Gasteiger partial charge in [-0.1, -0.05) is 131 Å². The van der Waals surface area contributed by atoms with Crippen molar-refractivity contribution in [3.05, 3.63) is 91.8 Å². The van der Waals surface area contributed by atoms with Crippen LogP contribution in [0.25, 0.3) is 5.57 Å². The van der Waals surface area contributed by atoms with E-state index in [0.717, 1.165) is 44.5 Å². The number of anilines is 1. The largest absolute Gasteiger partial charge is 0.478 e. The lowest BCUT2D eigenvalue weighted by atomic mass is 9.45. The van der Waals surface area contributed by atoms with Gasteiger partial charge in [0.25, 0.3) is 6.47 Å². The summed E-state index contributed by atoms with van der Waals surface area (Å²) in [7, 11) is 0. The number of ether oxygens (including phenoxy) is 2. The zero-order chi connectivity index (χ0) is 52.9. The van der Waals surface area contributed by atoms with E-state index in [1.54, 1.807) is 12.1 Å². The Morgan fingerprint density at radius 3 is 1.53 bits per heavy atom. The van der Waals surface area contributed by atoms with E-state index in [4.69, 9.17) is 9.47 Å². The number of benzene rings is 3. The Hall–Kier alpha value is -4.13. The molecule has 70 heavy (non-hydrogen) atoms. The first-order valence-corrected chi connectivity index (χ1v) is 26.0. The maximum absolute atomic E-state index is 13.9. The molecule has 3 aromatic carbocycles. The van der Waals surface area contributed by atoms with Gasteiger partial charge in [0, 0.05) is 99.0 Å². The molecule has 0 aliphatic carbocycles. The number of hydrogen-bond donors (Lipinski definition) is 1. The maximum Gasteiger partial charge on any atom is 0.336 e. The average Bonchev–Trinajstić information content (AvgIpc) is 3.20. The molecular weight excluding hydrogens is 865 g/mol. The van der Waals surface area contributed by atoms with Gasteiger partial charge >= 0.3 is 5.97 Å². The summed E-state index contributed by atoms with van der Waals surface area (Å²) in [4.78, 5) is 28.4. The lowest BCUT2D eigenvalue weighted by Gasteiger charge is -2.73. The molecule has 0 fully saturated rings. The highest BCUT2D eigenvalue weighted by Crippen LogP contribution is 2.72. The summed E-state index contributed by atoms with van der Waals surface area (Å²) in [5.74, 6) is 0.638. The fraction of sp³-hybridized carbons (Fsp3) is 0.651. The molecule has 0 atom stereocenters. The van der Waals surface area contributed by atoms with Crippen molar-refractivity contribution in [3.8, 4) is 11.5 Å². The van der Waals surface area contributed by atoms with Crippen molar-refractivity contribution in [3.63, 3.8) is 0 Å². The highest BCUT2D eigenvalue weighted by molar-refractivity contribution is 6.01. The highest BCUT2D eigenvalue weighted by Gasteiger charge is 2.72. The Kier molecular flexibility index (Phi) is 12.0. The molecule has 0 saturated heterocycles. The molecule has 8 rings (SSSR count). The van der Waals surface area contributed by atoms with Crippen LogP contribution in [0.2, 0.25) is 0 Å². The number of carboxylic acids is 1. The van der Waals surface area contributed by atoms with Crippen LogP contribution in [0.3, 0.4) is 0 Å². The van der Waals surface area contributed by atoms with E-state index in [-0.39, 0.29) is 74.2 Å². The van der Waals surface area contributed by atoms with Gasteiger partial charge in [0.1, 0.15) is 18.1 Å². The number of rotatable bonds is 5. The van der Waals surface area contributed by atoms with Gasteiger partial charge in [-0.15, -0.1) is 0 Å². The van der Waals surface area contributed by atoms with Gasteiger partial charge in [0.15, 0.2) is 11.1 Å². The third-order valence-corrected chi connectivity index (χ3v) is 23.5. The molecule has 0 unspecified atom stereocenters. The lowest BCUT2D eigenvalue weighted by Crippen LogP contribution is -2.79. The van der Waals surface area contributed by atoms with Gasteiger partial charge in [-0.05, 0) is 97.7 Å². The number of aromatic carboxylic acids is 1. The van der Waals surface area contributed by atoms with Gasteiger partial charge in [-0.3, -0.25) is 4.79 Å². The molecule has 1 N–H and O–H groups in total. The van der Waals surface area contributed by atoms with Gasteiger partial charge in [0.05, 0.1) is 11.1 Å². The van der Waals surface area contributed by atoms with E-state index in [0.29, 0.717) is 12.0 Å². The van der Waals surface area contributed by atoms with Crippen LogP contribution in [-0.2, 0) is 37.8 Å². The predicted molar refractivity (Wildman–Crippen MR) is 293 cm³/mol. The smallest absolute Gasteiger partial charge is 0.336 e. The van der Waals surface area contributed by atoms with Crippen molar-refractivity contribution >= 4 is 23.7 Å². The van der Waals surface area contributed by atoms with Gasteiger partial charge in [-0.25, -0.2) is 9.37 Å². The average molecular weight is 959 g/mol. The number of carboxylic acid groups (broad SMARTS) is 1. The Bertz CT molecular complexity index is 2890. The minimum absolute atomic E-state index is 0. The van der Waals surface area contributed by atoms with Crippen LogP contribution < -0.4 is 24.8 Å². The maximum atomic E-state index is 13.9. The third-order valence-electron chi connectivity index (χ3n) is 23.5. The van der Waals surface area contributed by atoms with Crippen molar-refractivity contribution in [1.29, 1.82) is 0 Å². The SMILES string of the molecule is CC.Cc1c2c(c3c4c1C(C)(C)C(C)(C)C(C)(C)N4C(C)(C)C(C)(C)C3(C)C)Oc1c3c4c(c(C)c1=C2c1cc(COC=O)ccc1C(=O)O)C(C)(C)C(C)(C)C(C)(C)[N+]=4C(C)(C)C(C)(C)C3(C)C.[CH3-]. The van der Waals surface area contributed by atoms with Crippen molar-refractivity contribution in [1.82, 2.24) is 4.58 Å².